The van der Waals surface area contributed by atoms with Gasteiger partial charge in [-0.05, 0) is 26.7 Å². The highest BCUT2D eigenvalue weighted by Gasteiger charge is 2.31. The molecule has 72 valence electrons. The van der Waals surface area contributed by atoms with Crippen molar-refractivity contribution in [1.29, 1.82) is 0 Å². The third-order valence-electron chi connectivity index (χ3n) is 2.81. The van der Waals surface area contributed by atoms with Crippen LogP contribution in [0.2, 0.25) is 0 Å². The van der Waals surface area contributed by atoms with Crippen LogP contribution in [0.25, 0.3) is 0 Å². The van der Waals surface area contributed by atoms with E-state index < -0.39 is 0 Å². The van der Waals surface area contributed by atoms with Crippen LogP contribution in [-0.2, 0) is 4.79 Å². The van der Waals surface area contributed by atoms with Gasteiger partial charge in [0.2, 0.25) is 5.12 Å². The van der Waals surface area contributed by atoms with Crippen LogP contribution in [-0.4, -0.2) is 28.4 Å². The van der Waals surface area contributed by atoms with Crippen LogP contribution < -0.4 is 0 Å². The zero-order valence-corrected chi connectivity index (χ0v) is 8.99. The molecule has 2 rings (SSSR count). The molecular weight excluding hydrogens is 182 g/mol. The lowest BCUT2D eigenvalue weighted by Crippen LogP contribution is -2.23. The molecule has 1 saturated heterocycles. The Morgan fingerprint density at radius 3 is 2.46 bits per heavy atom. The molecule has 0 aromatic rings. The highest BCUT2D eigenvalue weighted by molar-refractivity contribution is 8.15. The second kappa shape index (κ2) is 3.37. The maximum atomic E-state index is 11.4. The molecule has 0 aromatic heterocycles. The van der Waals surface area contributed by atoms with Gasteiger partial charge in [-0.1, -0.05) is 11.8 Å². The Morgan fingerprint density at radius 1 is 1.38 bits per heavy atom. The van der Waals surface area contributed by atoms with Crippen molar-refractivity contribution in [1.82, 2.24) is 4.90 Å². The van der Waals surface area contributed by atoms with Crippen LogP contribution in [0.5, 0.6) is 0 Å². The van der Waals surface area contributed by atoms with Crippen LogP contribution in [0.1, 0.15) is 26.7 Å². The summed E-state index contributed by atoms with van der Waals surface area (Å²) in [5.41, 5.74) is 2.28. The molecule has 0 amide bonds. The third-order valence-corrected chi connectivity index (χ3v) is 3.90. The first kappa shape index (κ1) is 9.13. The van der Waals surface area contributed by atoms with E-state index in [0.717, 1.165) is 18.7 Å². The van der Waals surface area contributed by atoms with Gasteiger partial charge < -0.3 is 4.90 Å². The molecule has 13 heavy (non-hydrogen) atoms. The molecule has 2 heterocycles. The number of carbonyl (C=O) groups is 1. The van der Waals surface area contributed by atoms with Crippen molar-refractivity contribution in [3.63, 3.8) is 0 Å². The molecule has 0 aromatic carbocycles. The Balaban J connectivity index is 2.24. The summed E-state index contributed by atoms with van der Waals surface area (Å²) in [6.07, 6.45) is 2.56. The van der Waals surface area contributed by atoms with Crippen LogP contribution in [0, 0.1) is 0 Å². The Morgan fingerprint density at radius 2 is 2.00 bits per heavy atom. The second-order valence-electron chi connectivity index (χ2n) is 3.75. The van der Waals surface area contributed by atoms with Crippen molar-refractivity contribution >= 4 is 16.9 Å². The van der Waals surface area contributed by atoms with Gasteiger partial charge in [0.25, 0.3) is 0 Å². The van der Waals surface area contributed by atoms with E-state index in [-0.39, 0.29) is 5.12 Å². The molecule has 1 unspecified atom stereocenters. The van der Waals surface area contributed by atoms with Gasteiger partial charge in [0.15, 0.2) is 0 Å². The Hall–Kier alpha value is -0.440. The van der Waals surface area contributed by atoms with Crippen molar-refractivity contribution in [3.05, 3.63) is 11.3 Å². The van der Waals surface area contributed by atoms with E-state index in [1.54, 1.807) is 0 Å². The summed E-state index contributed by atoms with van der Waals surface area (Å²) in [7, 11) is 0. The lowest BCUT2D eigenvalue weighted by Gasteiger charge is -2.22. The Bertz CT molecular complexity index is 266. The van der Waals surface area contributed by atoms with E-state index in [1.807, 2.05) is 6.92 Å². The van der Waals surface area contributed by atoms with E-state index in [1.165, 1.54) is 30.3 Å². The summed E-state index contributed by atoms with van der Waals surface area (Å²) in [5.74, 6) is 0. The first-order valence-electron chi connectivity index (χ1n) is 4.87. The molecule has 0 radical (unpaired) electrons. The van der Waals surface area contributed by atoms with Gasteiger partial charge in [0, 0.05) is 24.4 Å². The number of carbonyl (C=O) groups excluding carboxylic acids is 1. The zero-order chi connectivity index (χ0) is 9.42. The van der Waals surface area contributed by atoms with Crippen molar-refractivity contribution in [2.45, 2.75) is 31.9 Å². The first-order valence-corrected chi connectivity index (χ1v) is 5.75. The van der Waals surface area contributed by atoms with Crippen LogP contribution >= 0.6 is 11.8 Å². The monoisotopic (exact) mass is 197 g/mol. The summed E-state index contributed by atoms with van der Waals surface area (Å²) >= 11 is 1.47. The number of thioether (sulfide) groups is 1. The molecule has 1 fully saturated rings. The maximum Gasteiger partial charge on any atom is 0.217 e. The fraction of sp³-hybridized carbons (Fsp3) is 0.700. The van der Waals surface area contributed by atoms with Gasteiger partial charge in [-0.3, -0.25) is 4.79 Å². The first-order chi connectivity index (χ1) is 6.20. The van der Waals surface area contributed by atoms with Gasteiger partial charge in [0.05, 0.1) is 5.25 Å². The number of likely N-dealkylation sites (tertiary alicyclic amines) is 1. The molecule has 0 bridgehead atoms. The van der Waals surface area contributed by atoms with Gasteiger partial charge in [-0.2, -0.15) is 0 Å². The normalized spacial score (nSPS) is 29.2. The van der Waals surface area contributed by atoms with Crippen LogP contribution in [0.4, 0.5) is 0 Å². The van der Waals surface area contributed by atoms with E-state index >= 15 is 0 Å². The lowest BCUT2D eigenvalue weighted by atomic mass is 10.2. The number of nitrogens with zero attached hydrogens (tertiary/aromatic N) is 1. The predicted octanol–water partition coefficient (Wildman–Crippen LogP) is 2.02. The van der Waals surface area contributed by atoms with Crippen molar-refractivity contribution in [2.24, 2.45) is 0 Å². The van der Waals surface area contributed by atoms with Crippen molar-refractivity contribution < 1.29 is 4.79 Å². The maximum absolute atomic E-state index is 11.4. The number of rotatable bonds is 1. The molecule has 2 aliphatic heterocycles. The van der Waals surface area contributed by atoms with E-state index in [9.17, 15) is 4.79 Å². The SMILES string of the molecule is CC1=C(N2CCCC2)C(C)SC1=O. The van der Waals surface area contributed by atoms with Crippen LogP contribution in [0.15, 0.2) is 11.3 Å². The quantitative estimate of drug-likeness (QED) is 0.641. The minimum atomic E-state index is 0.273. The number of hydrogen-bond donors (Lipinski definition) is 0. The minimum Gasteiger partial charge on any atom is -0.374 e. The zero-order valence-electron chi connectivity index (χ0n) is 8.17. The fourth-order valence-corrected chi connectivity index (χ4v) is 3.21. The van der Waals surface area contributed by atoms with Crippen molar-refractivity contribution in [3.8, 4) is 0 Å². The fourth-order valence-electron chi connectivity index (χ4n) is 2.17. The van der Waals surface area contributed by atoms with E-state index in [4.69, 9.17) is 0 Å². The summed E-state index contributed by atoms with van der Waals surface area (Å²) in [5, 5.41) is 0.653. The summed E-state index contributed by atoms with van der Waals surface area (Å²) in [6, 6.07) is 0. The van der Waals surface area contributed by atoms with Gasteiger partial charge in [-0.25, -0.2) is 0 Å². The molecule has 0 aliphatic carbocycles. The molecule has 0 N–H and O–H groups in total. The average Bonchev–Trinajstić information content (AvgIpc) is 2.63. The number of hydrogen-bond acceptors (Lipinski definition) is 3. The van der Waals surface area contributed by atoms with Crippen LogP contribution in [0.3, 0.4) is 0 Å². The van der Waals surface area contributed by atoms with Crippen molar-refractivity contribution in [2.75, 3.05) is 13.1 Å². The van der Waals surface area contributed by atoms with Gasteiger partial charge >= 0.3 is 0 Å². The highest BCUT2D eigenvalue weighted by Crippen LogP contribution is 2.36. The highest BCUT2D eigenvalue weighted by atomic mass is 32.2. The topological polar surface area (TPSA) is 20.3 Å². The standard InChI is InChI=1S/C10H15NOS/c1-7-9(8(2)13-10(7)12)11-5-3-4-6-11/h8H,3-6H2,1-2H3. The Labute approximate surface area is 83.4 Å². The van der Waals surface area contributed by atoms with E-state index in [0.29, 0.717) is 5.25 Å². The Kier molecular flexibility index (Phi) is 2.37. The van der Waals surface area contributed by atoms with Gasteiger partial charge in [0.1, 0.15) is 0 Å². The molecule has 3 heteroatoms. The summed E-state index contributed by atoms with van der Waals surface area (Å²) < 4.78 is 0. The average molecular weight is 197 g/mol. The second-order valence-corrected chi connectivity index (χ2v) is 5.07. The molecule has 0 spiro atoms. The third kappa shape index (κ3) is 1.50. The summed E-state index contributed by atoms with van der Waals surface area (Å²) in [6.45, 7) is 6.38. The lowest BCUT2D eigenvalue weighted by molar-refractivity contribution is -0.107. The largest absolute Gasteiger partial charge is 0.374 e. The molecule has 1 atom stereocenters. The minimum absolute atomic E-state index is 0.273. The molecular formula is C10H15NOS. The predicted molar refractivity (Wildman–Crippen MR) is 55.6 cm³/mol. The van der Waals surface area contributed by atoms with Gasteiger partial charge in [-0.15, -0.1) is 0 Å². The smallest absolute Gasteiger partial charge is 0.217 e. The molecule has 2 nitrogen and oxygen atoms in total. The summed E-state index contributed by atoms with van der Waals surface area (Å²) in [4.78, 5) is 13.8. The van der Waals surface area contributed by atoms with E-state index in [2.05, 4.69) is 11.8 Å². The molecule has 2 aliphatic rings. The molecule has 0 saturated carbocycles.